The molecule has 2 heterocycles. The molecule has 0 saturated carbocycles. The molecule has 0 N–H and O–H groups in total. The van der Waals surface area contributed by atoms with Gasteiger partial charge in [0.25, 0.3) is 5.56 Å². The fraction of sp³-hybridized carbons (Fsp3) is 0.118. The van der Waals surface area contributed by atoms with E-state index in [4.69, 9.17) is 21.1 Å². The molecule has 0 amide bonds. The maximum atomic E-state index is 12.2. The molecule has 1 aromatic carbocycles. The first-order valence-corrected chi connectivity index (χ1v) is 8.33. The van der Waals surface area contributed by atoms with Crippen molar-refractivity contribution >= 4 is 39.1 Å². The van der Waals surface area contributed by atoms with Crippen molar-refractivity contribution in [1.29, 1.82) is 0 Å². The van der Waals surface area contributed by atoms with Crippen molar-refractivity contribution in [2.24, 2.45) is 0 Å². The fourth-order valence-electron chi connectivity index (χ4n) is 2.22. The van der Waals surface area contributed by atoms with Crippen LogP contribution in [0.5, 0.6) is 5.75 Å². The summed E-state index contributed by atoms with van der Waals surface area (Å²) in [6.45, 7) is -0.114. The average Bonchev–Trinajstić information content (AvgIpc) is 2.60. The summed E-state index contributed by atoms with van der Waals surface area (Å²) in [5, 5.41) is 0.431. The molecule has 2 aromatic heterocycles. The molecule has 0 radical (unpaired) electrons. The Balaban J connectivity index is 1.78. The number of esters is 1. The van der Waals surface area contributed by atoms with E-state index in [2.05, 4.69) is 20.9 Å². The molecule has 3 rings (SSSR count). The van der Waals surface area contributed by atoms with Crippen LogP contribution >= 0.6 is 27.5 Å². The van der Waals surface area contributed by atoms with E-state index in [1.165, 1.54) is 23.8 Å². The topological polar surface area (TPSA) is 69.9 Å². The predicted molar refractivity (Wildman–Crippen MR) is 96.3 cm³/mol. The molecule has 6 nitrogen and oxygen atoms in total. The summed E-state index contributed by atoms with van der Waals surface area (Å²) in [5.74, 6) is 0.0842. The normalized spacial score (nSPS) is 10.7. The standard InChI is InChI=1S/C17H12BrClN2O4/c1-24-14-4-2-10(6-13(14)18)17(23)25-9-12-7-16(22)21-8-11(19)3-5-15(21)20-12/h2-8H,9H2,1H3. The zero-order valence-electron chi connectivity index (χ0n) is 13.0. The van der Waals surface area contributed by atoms with Crippen molar-refractivity contribution in [2.45, 2.75) is 6.61 Å². The predicted octanol–water partition coefficient (Wildman–Crippen LogP) is 3.48. The first kappa shape index (κ1) is 17.4. The zero-order chi connectivity index (χ0) is 18.0. The third kappa shape index (κ3) is 3.83. The summed E-state index contributed by atoms with van der Waals surface area (Å²) in [4.78, 5) is 28.5. The Morgan fingerprint density at radius 2 is 2.08 bits per heavy atom. The SMILES string of the molecule is COc1ccc(C(=O)OCc2cc(=O)n3cc(Cl)ccc3n2)cc1Br. The molecule has 3 aromatic rings. The van der Waals surface area contributed by atoms with Gasteiger partial charge < -0.3 is 9.47 Å². The van der Waals surface area contributed by atoms with Crippen LogP contribution in [0.3, 0.4) is 0 Å². The number of hydrogen-bond donors (Lipinski definition) is 0. The van der Waals surface area contributed by atoms with Gasteiger partial charge in [-0.2, -0.15) is 0 Å². The molecule has 0 aliphatic rings. The molecular weight excluding hydrogens is 412 g/mol. The monoisotopic (exact) mass is 422 g/mol. The Bertz CT molecular complexity index is 1020. The van der Waals surface area contributed by atoms with E-state index in [1.807, 2.05) is 0 Å². The van der Waals surface area contributed by atoms with Crippen molar-refractivity contribution in [3.05, 3.63) is 73.7 Å². The van der Waals surface area contributed by atoms with Crippen molar-refractivity contribution in [2.75, 3.05) is 7.11 Å². The number of pyridine rings is 1. The van der Waals surface area contributed by atoms with E-state index in [1.54, 1.807) is 30.3 Å². The van der Waals surface area contributed by atoms with Gasteiger partial charge in [-0.3, -0.25) is 9.20 Å². The second-order valence-electron chi connectivity index (χ2n) is 5.09. The van der Waals surface area contributed by atoms with Gasteiger partial charge in [-0.05, 0) is 46.3 Å². The minimum absolute atomic E-state index is 0.114. The Morgan fingerprint density at radius 1 is 1.28 bits per heavy atom. The number of carbonyl (C=O) groups is 1. The molecular formula is C17H12BrClN2O4. The molecule has 0 unspecified atom stereocenters. The Kier molecular flexibility index (Phi) is 5.06. The maximum absolute atomic E-state index is 12.2. The lowest BCUT2D eigenvalue weighted by Crippen LogP contribution is -2.16. The van der Waals surface area contributed by atoms with Crippen LogP contribution in [0.4, 0.5) is 0 Å². The highest BCUT2D eigenvalue weighted by atomic mass is 79.9. The Morgan fingerprint density at radius 3 is 2.80 bits per heavy atom. The fourth-order valence-corrected chi connectivity index (χ4v) is 2.92. The number of benzene rings is 1. The van der Waals surface area contributed by atoms with Crippen LogP contribution in [0.1, 0.15) is 16.1 Å². The second-order valence-corrected chi connectivity index (χ2v) is 6.38. The number of hydrogen-bond acceptors (Lipinski definition) is 5. The van der Waals surface area contributed by atoms with E-state index < -0.39 is 5.97 Å². The summed E-state index contributed by atoms with van der Waals surface area (Å²) in [6.07, 6.45) is 1.48. The number of carbonyl (C=O) groups excluding carboxylic acids is 1. The lowest BCUT2D eigenvalue weighted by Gasteiger charge is -2.08. The molecule has 0 aliphatic heterocycles. The van der Waals surface area contributed by atoms with E-state index >= 15 is 0 Å². The highest BCUT2D eigenvalue weighted by Gasteiger charge is 2.12. The summed E-state index contributed by atoms with van der Waals surface area (Å²) in [6, 6.07) is 9.41. The first-order valence-electron chi connectivity index (χ1n) is 7.16. The average molecular weight is 424 g/mol. The van der Waals surface area contributed by atoms with Crippen molar-refractivity contribution in [1.82, 2.24) is 9.38 Å². The van der Waals surface area contributed by atoms with Gasteiger partial charge in [-0.1, -0.05) is 11.6 Å². The maximum Gasteiger partial charge on any atom is 0.338 e. The highest BCUT2D eigenvalue weighted by molar-refractivity contribution is 9.10. The van der Waals surface area contributed by atoms with Gasteiger partial charge in [0.1, 0.15) is 18.0 Å². The van der Waals surface area contributed by atoms with Crippen LogP contribution in [0.15, 0.2) is 51.9 Å². The lowest BCUT2D eigenvalue weighted by atomic mass is 10.2. The van der Waals surface area contributed by atoms with Crippen molar-refractivity contribution in [3.63, 3.8) is 0 Å². The molecule has 0 aliphatic carbocycles. The van der Waals surface area contributed by atoms with Crippen molar-refractivity contribution in [3.8, 4) is 5.75 Å². The Hall–Kier alpha value is -2.38. The molecule has 8 heteroatoms. The lowest BCUT2D eigenvalue weighted by molar-refractivity contribution is 0.0467. The minimum Gasteiger partial charge on any atom is -0.496 e. The molecule has 0 spiro atoms. The van der Waals surface area contributed by atoms with Crippen LogP contribution < -0.4 is 10.3 Å². The highest BCUT2D eigenvalue weighted by Crippen LogP contribution is 2.25. The number of aromatic nitrogens is 2. The Labute approximate surface area is 156 Å². The molecule has 0 saturated heterocycles. The minimum atomic E-state index is -0.526. The zero-order valence-corrected chi connectivity index (χ0v) is 15.4. The molecule has 0 bridgehead atoms. The first-order chi connectivity index (χ1) is 12.0. The molecule has 128 valence electrons. The third-order valence-corrected chi connectivity index (χ3v) is 4.26. The number of methoxy groups -OCH3 is 1. The number of halogens is 2. The van der Waals surface area contributed by atoms with Crippen LogP contribution in [0, 0.1) is 0 Å². The van der Waals surface area contributed by atoms with Gasteiger partial charge in [-0.15, -0.1) is 0 Å². The van der Waals surface area contributed by atoms with E-state index in [9.17, 15) is 9.59 Å². The van der Waals surface area contributed by atoms with Gasteiger partial charge in [-0.25, -0.2) is 9.78 Å². The quantitative estimate of drug-likeness (QED) is 0.601. The van der Waals surface area contributed by atoms with E-state index in [0.717, 1.165) is 0 Å². The number of nitrogens with zero attached hydrogens (tertiary/aromatic N) is 2. The van der Waals surface area contributed by atoms with E-state index in [-0.39, 0.29) is 12.2 Å². The van der Waals surface area contributed by atoms with Gasteiger partial charge in [0.2, 0.25) is 0 Å². The molecule has 0 atom stereocenters. The van der Waals surface area contributed by atoms with E-state index in [0.29, 0.717) is 32.1 Å². The van der Waals surface area contributed by atoms with Crippen LogP contribution in [-0.2, 0) is 11.3 Å². The van der Waals surface area contributed by atoms with Crippen LogP contribution in [0.2, 0.25) is 5.02 Å². The largest absolute Gasteiger partial charge is 0.496 e. The van der Waals surface area contributed by atoms with Gasteiger partial charge in [0.05, 0.1) is 27.9 Å². The van der Waals surface area contributed by atoms with Gasteiger partial charge in [0.15, 0.2) is 0 Å². The number of fused-ring (bicyclic) bond motifs is 1. The summed E-state index contributed by atoms with van der Waals surface area (Å²) in [7, 11) is 1.54. The summed E-state index contributed by atoms with van der Waals surface area (Å²) < 4.78 is 12.3. The molecule has 25 heavy (non-hydrogen) atoms. The third-order valence-electron chi connectivity index (χ3n) is 3.42. The van der Waals surface area contributed by atoms with Crippen LogP contribution in [-0.4, -0.2) is 22.5 Å². The van der Waals surface area contributed by atoms with Crippen LogP contribution in [0.25, 0.3) is 5.65 Å². The van der Waals surface area contributed by atoms with Gasteiger partial charge in [0, 0.05) is 12.3 Å². The second kappa shape index (κ2) is 7.25. The van der Waals surface area contributed by atoms with Crippen molar-refractivity contribution < 1.29 is 14.3 Å². The number of rotatable bonds is 4. The summed E-state index contributed by atoms with van der Waals surface area (Å²) >= 11 is 9.18. The van der Waals surface area contributed by atoms with Gasteiger partial charge >= 0.3 is 5.97 Å². The number of ether oxygens (including phenoxy) is 2. The summed E-state index contributed by atoms with van der Waals surface area (Å²) in [5.41, 5.74) is 0.839. The molecule has 0 fully saturated rings. The smallest absolute Gasteiger partial charge is 0.338 e.